The van der Waals surface area contributed by atoms with Gasteiger partial charge in [0, 0.05) is 31.8 Å². The molecule has 144 valence electrons. The van der Waals surface area contributed by atoms with Gasteiger partial charge in [0.25, 0.3) is 5.91 Å². The van der Waals surface area contributed by atoms with Crippen molar-refractivity contribution in [2.24, 2.45) is 0 Å². The normalized spacial score (nSPS) is 10.3. The van der Waals surface area contributed by atoms with E-state index in [4.69, 9.17) is 4.74 Å². The van der Waals surface area contributed by atoms with Crippen LogP contribution in [0.1, 0.15) is 42.1 Å². The van der Waals surface area contributed by atoms with Crippen LogP contribution in [-0.2, 0) is 11.2 Å². The van der Waals surface area contributed by atoms with Crippen molar-refractivity contribution in [3.63, 3.8) is 0 Å². The molecule has 0 spiro atoms. The summed E-state index contributed by atoms with van der Waals surface area (Å²) >= 11 is 0. The highest BCUT2D eigenvalue weighted by molar-refractivity contribution is 6.04. The molecule has 0 bridgehead atoms. The van der Waals surface area contributed by atoms with Crippen LogP contribution in [-0.4, -0.2) is 37.4 Å². The Morgan fingerprint density at radius 3 is 2.48 bits per heavy atom. The van der Waals surface area contributed by atoms with E-state index >= 15 is 0 Å². The van der Waals surface area contributed by atoms with E-state index in [9.17, 15) is 9.59 Å². The molecule has 2 aromatic carbocycles. The first-order valence-corrected chi connectivity index (χ1v) is 9.33. The van der Waals surface area contributed by atoms with Crippen molar-refractivity contribution in [1.29, 1.82) is 0 Å². The Morgan fingerprint density at radius 1 is 1.07 bits per heavy atom. The van der Waals surface area contributed by atoms with E-state index < -0.39 is 0 Å². The predicted molar refractivity (Wildman–Crippen MR) is 108 cm³/mol. The van der Waals surface area contributed by atoms with Crippen LogP contribution in [0.15, 0.2) is 48.5 Å². The van der Waals surface area contributed by atoms with Crippen LogP contribution in [0, 0.1) is 0 Å². The molecule has 0 saturated carbocycles. The molecule has 2 aromatic rings. The Morgan fingerprint density at radius 2 is 1.81 bits per heavy atom. The number of carbonyl (C=O) groups excluding carboxylic acids is 2. The quantitative estimate of drug-likeness (QED) is 0.677. The SMILES string of the molecule is CCCCOc1cccc(C(=O)Nc2ccc(CCC(=O)N(C)C)cc2)c1. The van der Waals surface area contributed by atoms with E-state index in [1.807, 2.05) is 36.4 Å². The molecule has 0 saturated heterocycles. The molecule has 0 aliphatic rings. The lowest BCUT2D eigenvalue weighted by atomic mass is 10.1. The minimum absolute atomic E-state index is 0.105. The van der Waals surface area contributed by atoms with Gasteiger partial charge in [-0.1, -0.05) is 31.5 Å². The Labute approximate surface area is 161 Å². The van der Waals surface area contributed by atoms with Crippen LogP contribution in [0.25, 0.3) is 0 Å². The summed E-state index contributed by atoms with van der Waals surface area (Å²) in [6, 6.07) is 14.8. The second-order valence-electron chi connectivity index (χ2n) is 6.67. The summed E-state index contributed by atoms with van der Waals surface area (Å²) in [6.45, 7) is 2.76. The highest BCUT2D eigenvalue weighted by Gasteiger charge is 2.08. The number of hydrogen-bond acceptors (Lipinski definition) is 3. The number of ether oxygens (including phenoxy) is 1. The molecule has 5 heteroatoms. The third-order valence-electron chi connectivity index (χ3n) is 4.20. The number of nitrogens with one attached hydrogen (secondary N) is 1. The minimum Gasteiger partial charge on any atom is -0.494 e. The average molecular weight is 368 g/mol. The predicted octanol–water partition coefficient (Wildman–Crippen LogP) is 4.14. The molecule has 0 radical (unpaired) electrons. The van der Waals surface area contributed by atoms with Gasteiger partial charge in [0.2, 0.25) is 5.91 Å². The summed E-state index contributed by atoms with van der Waals surface area (Å²) in [5.41, 5.74) is 2.35. The Bertz CT molecular complexity index is 754. The van der Waals surface area contributed by atoms with Crippen LogP contribution in [0.4, 0.5) is 5.69 Å². The molecule has 0 unspecified atom stereocenters. The van der Waals surface area contributed by atoms with Crippen LogP contribution >= 0.6 is 0 Å². The molecule has 0 atom stereocenters. The highest BCUT2D eigenvalue weighted by atomic mass is 16.5. The van der Waals surface area contributed by atoms with Crippen LogP contribution in [0.3, 0.4) is 0 Å². The first-order valence-electron chi connectivity index (χ1n) is 9.33. The van der Waals surface area contributed by atoms with E-state index in [0.29, 0.717) is 30.8 Å². The van der Waals surface area contributed by atoms with Crippen molar-refractivity contribution in [3.05, 3.63) is 59.7 Å². The van der Waals surface area contributed by atoms with Crippen molar-refractivity contribution >= 4 is 17.5 Å². The number of amides is 2. The molecule has 2 rings (SSSR count). The molecular weight excluding hydrogens is 340 g/mol. The molecule has 27 heavy (non-hydrogen) atoms. The fraction of sp³-hybridized carbons (Fsp3) is 0.364. The number of unbranched alkanes of at least 4 members (excludes halogenated alkanes) is 1. The first kappa shape index (κ1) is 20.5. The van der Waals surface area contributed by atoms with E-state index in [1.165, 1.54) is 0 Å². The molecule has 0 aliphatic carbocycles. The summed E-state index contributed by atoms with van der Waals surface area (Å²) in [5.74, 6) is 0.636. The fourth-order valence-corrected chi connectivity index (χ4v) is 2.49. The zero-order valence-electron chi connectivity index (χ0n) is 16.3. The lowest BCUT2D eigenvalue weighted by Gasteiger charge is -2.11. The van der Waals surface area contributed by atoms with Crippen LogP contribution < -0.4 is 10.1 Å². The zero-order chi connectivity index (χ0) is 19.6. The average Bonchev–Trinajstić information content (AvgIpc) is 2.67. The first-order chi connectivity index (χ1) is 13.0. The topological polar surface area (TPSA) is 58.6 Å². The standard InChI is InChI=1S/C22H28N2O3/c1-4-5-15-27-20-8-6-7-18(16-20)22(26)23-19-12-9-17(10-13-19)11-14-21(25)24(2)3/h6-10,12-13,16H,4-5,11,14-15H2,1-3H3,(H,23,26). The highest BCUT2D eigenvalue weighted by Crippen LogP contribution is 2.17. The number of aryl methyl sites for hydroxylation is 1. The number of carbonyl (C=O) groups is 2. The third kappa shape index (κ3) is 6.77. The third-order valence-corrected chi connectivity index (χ3v) is 4.20. The zero-order valence-corrected chi connectivity index (χ0v) is 16.3. The van der Waals surface area contributed by atoms with Crippen molar-refractivity contribution in [2.45, 2.75) is 32.6 Å². The largest absolute Gasteiger partial charge is 0.494 e. The molecule has 0 heterocycles. The van der Waals surface area contributed by atoms with Gasteiger partial charge in [-0.25, -0.2) is 0 Å². The van der Waals surface area contributed by atoms with Crippen LogP contribution in [0.5, 0.6) is 5.75 Å². The summed E-state index contributed by atoms with van der Waals surface area (Å²) in [7, 11) is 3.51. The van der Waals surface area contributed by atoms with Gasteiger partial charge >= 0.3 is 0 Å². The van der Waals surface area contributed by atoms with Crippen molar-refractivity contribution in [2.75, 3.05) is 26.0 Å². The maximum absolute atomic E-state index is 12.5. The van der Waals surface area contributed by atoms with E-state index in [0.717, 1.165) is 24.1 Å². The molecular formula is C22H28N2O3. The number of benzene rings is 2. The smallest absolute Gasteiger partial charge is 0.255 e. The number of anilines is 1. The lowest BCUT2D eigenvalue weighted by molar-refractivity contribution is -0.128. The Hall–Kier alpha value is -2.82. The van der Waals surface area contributed by atoms with Crippen LogP contribution in [0.2, 0.25) is 0 Å². The van der Waals surface area contributed by atoms with E-state index in [2.05, 4.69) is 12.2 Å². The summed E-state index contributed by atoms with van der Waals surface area (Å²) in [6.07, 6.45) is 3.22. The van der Waals surface area contributed by atoms with Gasteiger partial charge in [0.1, 0.15) is 5.75 Å². The number of nitrogens with zero attached hydrogens (tertiary/aromatic N) is 1. The van der Waals surface area contributed by atoms with Gasteiger partial charge in [0.05, 0.1) is 6.61 Å². The minimum atomic E-state index is -0.175. The summed E-state index contributed by atoms with van der Waals surface area (Å²) < 4.78 is 5.66. The fourth-order valence-electron chi connectivity index (χ4n) is 2.49. The van der Waals surface area contributed by atoms with Gasteiger partial charge in [-0.05, 0) is 48.7 Å². The molecule has 0 fully saturated rings. The van der Waals surface area contributed by atoms with Gasteiger partial charge < -0.3 is 15.0 Å². The van der Waals surface area contributed by atoms with Crippen molar-refractivity contribution < 1.29 is 14.3 Å². The van der Waals surface area contributed by atoms with Gasteiger partial charge in [-0.3, -0.25) is 9.59 Å². The molecule has 0 aliphatic heterocycles. The van der Waals surface area contributed by atoms with Crippen molar-refractivity contribution in [1.82, 2.24) is 4.90 Å². The molecule has 2 amide bonds. The Kier molecular flexibility index (Phi) is 7.86. The summed E-state index contributed by atoms with van der Waals surface area (Å²) in [5, 5.41) is 2.89. The summed E-state index contributed by atoms with van der Waals surface area (Å²) in [4.78, 5) is 25.7. The number of hydrogen-bond donors (Lipinski definition) is 1. The molecule has 1 N–H and O–H groups in total. The van der Waals surface area contributed by atoms with Gasteiger partial charge in [-0.15, -0.1) is 0 Å². The van der Waals surface area contributed by atoms with Crippen molar-refractivity contribution in [3.8, 4) is 5.75 Å². The monoisotopic (exact) mass is 368 g/mol. The second kappa shape index (κ2) is 10.4. The Balaban J connectivity index is 1.91. The number of rotatable bonds is 9. The molecule has 5 nitrogen and oxygen atoms in total. The lowest BCUT2D eigenvalue weighted by Crippen LogP contribution is -2.21. The van der Waals surface area contributed by atoms with Gasteiger partial charge in [0.15, 0.2) is 0 Å². The second-order valence-corrected chi connectivity index (χ2v) is 6.67. The van der Waals surface area contributed by atoms with Gasteiger partial charge in [-0.2, -0.15) is 0 Å². The van der Waals surface area contributed by atoms with E-state index in [-0.39, 0.29) is 11.8 Å². The maximum Gasteiger partial charge on any atom is 0.255 e. The molecule has 0 aromatic heterocycles. The maximum atomic E-state index is 12.5. The van der Waals surface area contributed by atoms with E-state index in [1.54, 1.807) is 31.1 Å².